The molecule has 0 bridgehead atoms. The van der Waals surface area contributed by atoms with E-state index >= 15 is 0 Å². The number of amides is 1. The molecule has 1 aromatic carbocycles. The van der Waals surface area contributed by atoms with Gasteiger partial charge in [-0.05, 0) is 24.2 Å². The molecule has 0 saturated carbocycles. The zero-order valence-electron chi connectivity index (χ0n) is 12.4. The van der Waals surface area contributed by atoms with Crippen molar-refractivity contribution < 1.29 is 14.1 Å². The van der Waals surface area contributed by atoms with Crippen LogP contribution >= 0.6 is 0 Å². The van der Waals surface area contributed by atoms with E-state index < -0.39 is 19.1 Å². The van der Waals surface area contributed by atoms with Gasteiger partial charge < -0.3 is 10.2 Å². The Morgan fingerprint density at radius 2 is 1.90 bits per heavy atom. The molecule has 1 aromatic rings. The van der Waals surface area contributed by atoms with Gasteiger partial charge in [-0.25, -0.2) is 0 Å². The van der Waals surface area contributed by atoms with Crippen molar-refractivity contribution >= 4 is 19.9 Å². The van der Waals surface area contributed by atoms with Crippen molar-refractivity contribution in [2.75, 3.05) is 0 Å². The molecule has 2 N–H and O–H groups in total. The highest BCUT2D eigenvalue weighted by molar-refractivity contribution is 6.74. The fraction of sp³-hybridized carbons (Fsp3) is 0.462. The number of nitrogens with two attached hydrogens (primary N) is 1. The number of benzene rings is 1. The number of carbonyl (C=O) groups is 1. The number of carbonyl (C=O) groups excluding carboxylic acids is 1. The van der Waals surface area contributed by atoms with Crippen molar-refractivity contribution in [3.05, 3.63) is 33.9 Å². The standard InChI is InChI=1S/C13H20N2O4Si/c1-13(2,3)20(4,5)19-11-7-6-9(15(17)18)8-10(11)12(14)16/h6-8H,1-5H3,(H2,14,16). The molecule has 6 nitrogen and oxygen atoms in total. The summed E-state index contributed by atoms with van der Waals surface area (Å²) in [5, 5.41) is 10.7. The maximum absolute atomic E-state index is 11.5. The number of hydrogen-bond donors (Lipinski definition) is 1. The minimum atomic E-state index is -2.15. The van der Waals surface area contributed by atoms with Gasteiger partial charge in [0.1, 0.15) is 5.75 Å². The zero-order chi connectivity index (χ0) is 15.7. The van der Waals surface area contributed by atoms with E-state index in [1.165, 1.54) is 12.1 Å². The number of rotatable bonds is 4. The molecule has 0 saturated heterocycles. The maximum atomic E-state index is 11.5. The Morgan fingerprint density at radius 3 is 2.30 bits per heavy atom. The lowest BCUT2D eigenvalue weighted by atomic mass is 10.1. The Bertz CT molecular complexity index is 550. The van der Waals surface area contributed by atoms with Crippen LogP contribution in [0.3, 0.4) is 0 Å². The molecule has 7 heteroatoms. The summed E-state index contributed by atoms with van der Waals surface area (Å²) in [6, 6.07) is 3.92. The highest BCUT2D eigenvalue weighted by atomic mass is 28.4. The van der Waals surface area contributed by atoms with Crippen LogP contribution in [0.2, 0.25) is 18.1 Å². The van der Waals surface area contributed by atoms with Crippen LogP contribution in [0.15, 0.2) is 18.2 Å². The summed E-state index contributed by atoms with van der Waals surface area (Å²) in [6.45, 7) is 10.2. The van der Waals surface area contributed by atoms with Crippen LogP contribution in [-0.4, -0.2) is 19.1 Å². The molecule has 0 heterocycles. The molecule has 1 rings (SSSR count). The normalized spacial score (nSPS) is 12.1. The van der Waals surface area contributed by atoms with Crippen LogP contribution in [0.5, 0.6) is 5.75 Å². The first-order valence-electron chi connectivity index (χ1n) is 6.23. The third-order valence-electron chi connectivity index (χ3n) is 3.61. The quantitative estimate of drug-likeness (QED) is 0.524. The number of nitrogens with zero attached hydrogens (tertiary/aromatic N) is 1. The van der Waals surface area contributed by atoms with Gasteiger partial charge in [0, 0.05) is 12.1 Å². The molecular formula is C13H20N2O4Si. The van der Waals surface area contributed by atoms with Gasteiger partial charge in [0.25, 0.3) is 19.9 Å². The van der Waals surface area contributed by atoms with Crippen LogP contribution in [-0.2, 0) is 0 Å². The van der Waals surface area contributed by atoms with Crippen molar-refractivity contribution in [2.24, 2.45) is 5.73 Å². The van der Waals surface area contributed by atoms with Crippen LogP contribution in [0.25, 0.3) is 0 Å². The highest BCUT2D eigenvalue weighted by Gasteiger charge is 2.39. The minimum Gasteiger partial charge on any atom is -0.543 e. The summed E-state index contributed by atoms with van der Waals surface area (Å²) in [5.41, 5.74) is 5.15. The number of nitro groups is 1. The molecule has 0 aliphatic carbocycles. The lowest BCUT2D eigenvalue weighted by molar-refractivity contribution is -0.384. The Morgan fingerprint density at radius 1 is 1.35 bits per heavy atom. The molecule has 20 heavy (non-hydrogen) atoms. The fourth-order valence-corrected chi connectivity index (χ4v) is 2.38. The molecule has 1 amide bonds. The van der Waals surface area contributed by atoms with E-state index in [-0.39, 0.29) is 16.3 Å². The van der Waals surface area contributed by atoms with Crippen molar-refractivity contribution in [3.8, 4) is 5.75 Å². The van der Waals surface area contributed by atoms with Gasteiger partial charge in [-0.1, -0.05) is 20.8 Å². The second-order valence-electron chi connectivity index (χ2n) is 6.16. The molecule has 0 spiro atoms. The monoisotopic (exact) mass is 296 g/mol. The van der Waals surface area contributed by atoms with Crippen LogP contribution in [0.1, 0.15) is 31.1 Å². The number of nitro benzene ring substituents is 1. The second kappa shape index (κ2) is 5.24. The summed E-state index contributed by atoms with van der Waals surface area (Å²) in [6.07, 6.45) is 0. The summed E-state index contributed by atoms with van der Waals surface area (Å²) < 4.78 is 6.01. The van der Waals surface area contributed by atoms with Gasteiger partial charge >= 0.3 is 0 Å². The van der Waals surface area contributed by atoms with Crippen LogP contribution in [0.4, 0.5) is 5.69 Å². The van der Waals surface area contributed by atoms with E-state index in [1.54, 1.807) is 0 Å². The van der Waals surface area contributed by atoms with Gasteiger partial charge in [-0.3, -0.25) is 14.9 Å². The van der Waals surface area contributed by atoms with Gasteiger partial charge in [0.15, 0.2) is 0 Å². The average Bonchev–Trinajstić information content (AvgIpc) is 2.26. The Balaban J connectivity index is 3.26. The largest absolute Gasteiger partial charge is 0.543 e. The third-order valence-corrected chi connectivity index (χ3v) is 7.95. The summed E-state index contributed by atoms with van der Waals surface area (Å²) in [4.78, 5) is 21.7. The van der Waals surface area contributed by atoms with E-state index in [4.69, 9.17) is 10.2 Å². The Kier molecular flexibility index (Phi) is 4.23. The molecule has 0 radical (unpaired) electrons. The second-order valence-corrected chi connectivity index (χ2v) is 10.9. The van der Waals surface area contributed by atoms with Crippen LogP contribution < -0.4 is 10.2 Å². The van der Waals surface area contributed by atoms with Gasteiger partial charge in [-0.15, -0.1) is 0 Å². The Hall–Kier alpha value is -1.89. The van der Waals surface area contributed by atoms with E-state index in [1.807, 2.05) is 13.1 Å². The summed E-state index contributed by atoms with van der Waals surface area (Å²) >= 11 is 0. The Labute approximate surface area is 119 Å². The van der Waals surface area contributed by atoms with Gasteiger partial charge in [0.05, 0.1) is 10.5 Å². The number of hydrogen-bond acceptors (Lipinski definition) is 4. The topological polar surface area (TPSA) is 95.5 Å². The van der Waals surface area contributed by atoms with E-state index in [0.717, 1.165) is 6.07 Å². The van der Waals surface area contributed by atoms with Crippen molar-refractivity contribution in [1.29, 1.82) is 0 Å². The smallest absolute Gasteiger partial charge is 0.270 e. The van der Waals surface area contributed by atoms with Crippen molar-refractivity contribution in [2.45, 2.75) is 38.9 Å². The SMILES string of the molecule is CC(C)(C)[Si](C)(C)Oc1ccc([N+](=O)[O-])cc1C(N)=O. The minimum absolute atomic E-state index is 0.0454. The highest BCUT2D eigenvalue weighted by Crippen LogP contribution is 2.38. The molecule has 110 valence electrons. The molecule has 0 aliphatic heterocycles. The molecule has 0 aliphatic rings. The lowest BCUT2D eigenvalue weighted by Gasteiger charge is -2.36. The first kappa shape index (κ1) is 16.2. The molecule has 0 atom stereocenters. The van der Waals surface area contributed by atoms with E-state index in [2.05, 4.69) is 20.8 Å². The number of primary amides is 1. The zero-order valence-corrected chi connectivity index (χ0v) is 13.4. The molecule has 0 unspecified atom stereocenters. The first-order chi connectivity index (χ1) is 8.95. The van der Waals surface area contributed by atoms with E-state index in [0.29, 0.717) is 5.75 Å². The molecule has 0 fully saturated rings. The van der Waals surface area contributed by atoms with Crippen molar-refractivity contribution in [1.82, 2.24) is 0 Å². The predicted molar refractivity (Wildman–Crippen MR) is 79.4 cm³/mol. The van der Waals surface area contributed by atoms with Gasteiger partial charge in [-0.2, -0.15) is 0 Å². The maximum Gasteiger partial charge on any atom is 0.270 e. The fourth-order valence-electron chi connectivity index (χ4n) is 1.34. The molecule has 0 aromatic heterocycles. The lowest BCUT2D eigenvalue weighted by Crippen LogP contribution is -2.44. The molecular weight excluding hydrogens is 276 g/mol. The average molecular weight is 296 g/mol. The summed E-state index contributed by atoms with van der Waals surface area (Å²) in [7, 11) is -2.15. The van der Waals surface area contributed by atoms with Crippen LogP contribution in [0, 0.1) is 10.1 Å². The van der Waals surface area contributed by atoms with E-state index in [9.17, 15) is 14.9 Å². The van der Waals surface area contributed by atoms with Gasteiger partial charge in [0.2, 0.25) is 0 Å². The first-order valence-corrected chi connectivity index (χ1v) is 9.14. The summed E-state index contributed by atoms with van der Waals surface area (Å²) in [5.74, 6) is -0.419. The number of non-ortho nitro benzene ring substituents is 1. The predicted octanol–water partition coefficient (Wildman–Crippen LogP) is 3.08. The van der Waals surface area contributed by atoms with Crippen molar-refractivity contribution in [3.63, 3.8) is 0 Å². The third kappa shape index (κ3) is 3.35.